The van der Waals surface area contributed by atoms with Crippen LogP contribution < -0.4 is 5.32 Å². The Morgan fingerprint density at radius 1 is 1.32 bits per heavy atom. The number of carbonyl (C=O) groups excluding carboxylic acids is 1. The molecule has 4 nitrogen and oxygen atoms in total. The van der Waals surface area contributed by atoms with Crippen LogP contribution in [0.3, 0.4) is 0 Å². The van der Waals surface area contributed by atoms with Crippen LogP contribution in [0.4, 0.5) is 0 Å². The fourth-order valence-corrected chi connectivity index (χ4v) is 2.34. The highest BCUT2D eigenvalue weighted by atomic mass is 32.2. The monoisotopic (exact) mass is 281 g/mol. The van der Waals surface area contributed by atoms with E-state index in [1.54, 1.807) is 18.7 Å². The van der Waals surface area contributed by atoms with Crippen molar-refractivity contribution in [1.82, 2.24) is 5.32 Å². The minimum Gasteiger partial charge on any atom is -0.480 e. The second kappa shape index (κ2) is 7.84. The van der Waals surface area contributed by atoms with Gasteiger partial charge in [0.25, 0.3) is 0 Å². The first kappa shape index (κ1) is 15.6. The number of rotatable bonds is 7. The van der Waals surface area contributed by atoms with Crippen LogP contribution in [0.15, 0.2) is 30.3 Å². The lowest BCUT2D eigenvalue weighted by molar-refractivity contribution is -0.142. The van der Waals surface area contributed by atoms with Gasteiger partial charge in [0.2, 0.25) is 5.91 Å². The summed E-state index contributed by atoms with van der Waals surface area (Å²) in [7, 11) is 0. The van der Waals surface area contributed by atoms with Crippen molar-refractivity contribution in [2.75, 3.05) is 12.0 Å². The van der Waals surface area contributed by atoms with Gasteiger partial charge in [0, 0.05) is 18.1 Å². The number of nitrogens with one attached hydrogen (secondary N) is 1. The molecule has 0 aliphatic carbocycles. The van der Waals surface area contributed by atoms with E-state index >= 15 is 0 Å². The van der Waals surface area contributed by atoms with Gasteiger partial charge in [0.1, 0.15) is 6.04 Å². The largest absolute Gasteiger partial charge is 0.480 e. The number of hydrogen-bond donors (Lipinski definition) is 2. The first-order valence-electron chi connectivity index (χ1n) is 6.10. The normalized spacial score (nSPS) is 13.6. The number of thioether (sulfide) groups is 1. The molecular formula is C14H19NO3S. The van der Waals surface area contributed by atoms with Gasteiger partial charge < -0.3 is 10.4 Å². The molecule has 1 amide bonds. The molecule has 0 aromatic heterocycles. The first-order valence-corrected chi connectivity index (χ1v) is 7.50. The van der Waals surface area contributed by atoms with Crippen LogP contribution in [0.1, 0.15) is 12.5 Å². The molecule has 19 heavy (non-hydrogen) atoms. The van der Waals surface area contributed by atoms with Gasteiger partial charge in [-0.25, -0.2) is 4.79 Å². The molecule has 1 aromatic carbocycles. The van der Waals surface area contributed by atoms with Crippen LogP contribution in [0.2, 0.25) is 0 Å². The Balaban J connectivity index is 2.64. The van der Waals surface area contributed by atoms with Crippen LogP contribution in [0.5, 0.6) is 0 Å². The zero-order valence-corrected chi connectivity index (χ0v) is 11.9. The molecule has 0 radical (unpaired) electrons. The van der Waals surface area contributed by atoms with Crippen molar-refractivity contribution in [3.63, 3.8) is 0 Å². The highest BCUT2D eigenvalue weighted by Crippen LogP contribution is 2.07. The smallest absolute Gasteiger partial charge is 0.326 e. The topological polar surface area (TPSA) is 66.4 Å². The Morgan fingerprint density at radius 2 is 1.95 bits per heavy atom. The summed E-state index contributed by atoms with van der Waals surface area (Å²) in [5, 5.41) is 11.8. The molecule has 0 aliphatic rings. The Hall–Kier alpha value is -1.49. The Labute approximate surface area is 117 Å². The van der Waals surface area contributed by atoms with Gasteiger partial charge in [-0.15, -0.1) is 0 Å². The Kier molecular flexibility index (Phi) is 6.42. The quantitative estimate of drug-likeness (QED) is 0.800. The summed E-state index contributed by atoms with van der Waals surface area (Å²) in [5.74, 6) is -0.720. The van der Waals surface area contributed by atoms with E-state index in [1.807, 2.05) is 36.6 Å². The minimum atomic E-state index is -1.01. The van der Waals surface area contributed by atoms with Crippen LogP contribution >= 0.6 is 11.8 Å². The minimum absolute atomic E-state index is 0.187. The van der Waals surface area contributed by atoms with Crippen molar-refractivity contribution in [3.05, 3.63) is 35.9 Å². The molecule has 1 rings (SSSR count). The maximum atomic E-state index is 11.9. The van der Waals surface area contributed by atoms with Crippen molar-refractivity contribution < 1.29 is 14.7 Å². The van der Waals surface area contributed by atoms with Crippen LogP contribution in [-0.2, 0) is 16.0 Å². The average Bonchev–Trinajstić information content (AvgIpc) is 2.39. The third-order valence-corrected chi connectivity index (χ3v) is 3.59. The number of amides is 1. The molecule has 2 atom stereocenters. The molecule has 0 bridgehead atoms. The number of carboxylic acids is 1. The molecule has 0 aliphatic heterocycles. The summed E-state index contributed by atoms with van der Waals surface area (Å²) >= 11 is 1.57. The second-order valence-corrected chi connectivity index (χ2v) is 5.36. The van der Waals surface area contributed by atoms with Crippen molar-refractivity contribution in [1.29, 1.82) is 0 Å². The molecule has 104 valence electrons. The first-order chi connectivity index (χ1) is 9.04. The van der Waals surface area contributed by atoms with Crippen LogP contribution in [-0.4, -0.2) is 35.0 Å². The van der Waals surface area contributed by atoms with Gasteiger partial charge in [-0.2, -0.15) is 11.8 Å². The van der Waals surface area contributed by atoms with Gasteiger partial charge in [-0.1, -0.05) is 37.3 Å². The van der Waals surface area contributed by atoms with Gasteiger partial charge in [0.05, 0.1) is 0 Å². The number of hydrogen-bond acceptors (Lipinski definition) is 3. The molecule has 0 saturated heterocycles. The third kappa shape index (κ3) is 5.34. The molecule has 0 heterocycles. The van der Waals surface area contributed by atoms with Crippen molar-refractivity contribution in [2.45, 2.75) is 19.4 Å². The Morgan fingerprint density at radius 3 is 2.47 bits per heavy atom. The molecule has 0 spiro atoms. The summed E-state index contributed by atoms with van der Waals surface area (Å²) in [6.45, 7) is 1.80. The zero-order valence-electron chi connectivity index (χ0n) is 11.1. The van der Waals surface area contributed by atoms with E-state index in [0.717, 1.165) is 5.56 Å². The average molecular weight is 281 g/mol. The maximum Gasteiger partial charge on any atom is 0.326 e. The summed E-state index contributed by atoms with van der Waals surface area (Å²) in [6.07, 6.45) is 2.22. The second-order valence-electron chi connectivity index (χ2n) is 4.45. The summed E-state index contributed by atoms with van der Waals surface area (Å²) in [6, 6.07) is 8.41. The molecule has 1 unspecified atom stereocenters. The number of aliphatic carboxylic acids is 1. The number of carbonyl (C=O) groups is 2. The van der Waals surface area contributed by atoms with Gasteiger partial charge in [-0.05, 0) is 11.8 Å². The highest BCUT2D eigenvalue weighted by molar-refractivity contribution is 7.98. The molecule has 0 fully saturated rings. The predicted octanol–water partition coefficient (Wildman–Crippen LogP) is 1.80. The number of carboxylic acid groups (broad SMARTS) is 1. The van der Waals surface area contributed by atoms with E-state index in [-0.39, 0.29) is 11.8 Å². The van der Waals surface area contributed by atoms with E-state index in [2.05, 4.69) is 5.32 Å². The van der Waals surface area contributed by atoms with Gasteiger partial charge in [-0.3, -0.25) is 4.79 Å². The van der Waals surface area contributed by atoms with E-state index in [1.165, 1.54) is 0 Å². The maximum absolute atomic E-state index is 11.9. The van der Waals surface area contributed by atoms with E-state index in [0.29, 0.717) is 12.2 Å². The fraction of sp³-hybridized carbons (Fsp3) is 0.429. The van der Waals surface area contributed by atoms with E-state index in [4.69, 9.17) is 0 Å². The zero-order chi connectivity index (χ0) is 14.3. The highest BCUT2D eigenvalue weighted by Gasteiger charge is 2.22. The lowest BCUT2D eigenvalue weighted by Crippen LogP contribution is -2.44. The fourth-order valence-electron chi connectivity index (χ4n) is 1.69. The number of benzene rings is 1. The van der Waals surface area contributed by atoms with E-state index < -0.39 is 12.0 Å². The molecule has 1 aromatic rings. The molecule has 2 N–H and O–H groups in total. The standard InChI is InChI=1S/C14H19NO3S/c1-10(9-19-2)13(16)15-12(14(17)18)8-11-6-4-3-5-7-11/h3-7,10,12H,8-9H2,1-2H3,(H,15,16)(H,17,18)/t10?,12-/m1/s1. The van der Waals surface area contributed by atoms with Gasteiger partial charge >= 0.3 is 5.97 Å². The summed E-state index contributed by atoms with van der Waals surface area (Å²) in [4.78, 5) is 23.1. The van der Waals surface area contributed by atoms with Crippen LogP contribution in [0.25, 0.3) is 0 Å². The van der Waals surface area contributed by atoms with Crippen molar-refractivity contribution in [2.24, 2.45) is 5.92 Å². The summed E-state index contributed by atoms with van der Waals surface area (Å²) in [5.41, 5.74) is 0.896. The van der Waals surface area contributed by atoms with Gasteiger partial charge in [0.15, 0.2) is 0 Å². The lowest BCUT2D eigenvalue weighted by Gasteiger charge is -2.17. The van der Waals surface area contributed by atoms with E-state index in [9.17, 15) is 14.7 Å². The Bertz CT molecular complexity index is 422. The van der Waals surface area contributed by atoms with Crippen molar-refractivity contribution in [3.8, 4) is 0 Å². The predicted molar refractivity (Wildman–Crippen MR) is 77.3 cm³/mol. The van der Waals surface area contributed by atoms with Crippen molar-refractivity contribution >= 4 is 23.6 Å². The molecule has 5 heteroatoms. The third-order valence-electron chi connectivity index (χ3n) is 2.76. The summed E-state index contributed by atoms with van der Waals surface area (Å²) < 4.78 is 0. The van der Waals surface area contributed by atoms with Crippen LogP contribution in [0, 0.1) is 5.92 Å². The lowest BCUT2D eigenvalue weighted by atomic mass is 10.1. The molecular weight excluding hydrogens is 262 g/mol. The SMILES string of the molecule is CSCC(C)C(=O)N[C@H](Cc1ccccc1)C(=O)O. The molecule has 0 saturated carbocycles.